The molecule has 560 valence electrons. The topological polar surface area (TPSA) is 160 Å². The van der Waals surface area contributed by atoms with Gasteiger partial charge in [-0.3, -0.25) is 48.4 Å². The smallest absolute Gasteiger partial charge is 0.232 e. The van der Waals surface area contributed by atoms with Crippen LogP contribution in [-0.4, -0.2) is 143 Å². The van der Waals surface area contributed by atoms with Crippen LogP contribution >= 0.6 is 0 Å². The van der Waals surface area contributed by atoms with Gasteiger partial charge in [0.1, 0.15) is 0 Å². The van der Waals surface area contributed by atoms with Crippen LogP contribution in [0, 0.1) is 31.6 Å². The highest BCUT2D eigenvalue weighted by molar-refractivity contribution is 6.03. The van der Waals surface area contributed by atoms with Crippen molar-refractivity contribution in [1.82, 2.24) is 39.4 Å². The van der Waals surface area contributed by atoms with Crippen LogP contribution in [0.3, 0.4) is 0 Å². The molecule has 16 nitrogen and oxygen atoms in total. The van der Waals surface area contributed by atoms with E-state index in [2.05, 4.69) is 104 Å². The third-order valence-corrected chi connectivity index (χ3v) is 11.9. The van der Waals surface area contributed by atoms with Crippen molar-refractivity contribution in [3.63, 3.8) is 0 Å². The van der Waals surface area contributed by atoms with Gasteiger partial charge in [-0.2, -0.15) is 20.4 Å². The molecule has 4 amide bonds. The number of hydrazone groups is 2. The Hall–Kier alpha value is -6.52. The number of ether oxygens (including phenoxy) is 2. The molecule has 96 heavy (non-hydrogen) atoms. The van der Waals surface area contributed by atoms with Gasteiger partial charge in [-0.25, -0.2) is 0 Å². The zero-order chi connectivity index (χ0) is 76.7. The van der Waals surface area contributed by atoms with E-state index in [0.29, 0.717) is 31.4 Å². The van der Waals surface area contributed by atoms with Gasteiger partial charge in [0.25, 0.3) is 0 Å². The molecule has 0 bridgehead atoms. The summed E-state index contributed by atoms with van der Waals surface area (Å²) in [4.78, 5) is 45.4. The molecule has 2 saturated heterocycles. The summed E-state index contributed by atoms with van der Waals surface area (Å²) < 4.78 is 13.5. The first-order chi connectivity index (χ1) is 46.2. The summed E-state index contributed by atoms with van der Waals surface area (Å²) in [5.41, 5.74) is 2.41. The van der Waals surface area contributed by atoms with Gasteiger partial charge < -0.3 is 9.47 Å². The van der Waals surface area contributed by atoms with Crippen molar-refractivity contribution in [3.05, 3.63) is 121 Å². The molecule has 0 spiro atoms. The number of likely N-dealkylation sites (tertiary alicyclic amines) is 2. The molecule has 4 aliphatic heterocycles. The average molecular weight is 1350 g/mol. The van der Waals surface area contributed by atoms with E-state index in [1.54, 1.807) is 31.8 Å². The van der Waals surface area contributed by atoms with Gasteiger partial charge in [0.2, 0.25) is 23.6 Å². The lowest BCUT2D eigenvalue weighted by atomic mass is 10.1. The van der Waals surface area contributed by atoms with Crippen LogP contribution in [0.4, 0.5) is 0 Å². The minimum Gasteiger partial charge on any atom is -0.382 e. The Bertz CT molecular complexity index is 2180. The SMILES string of the molecule is C1CCCC1.CC.CC.CC.CC.CC.CC.CC.CC.CC.CC1C=NN(C)C1.CC1CC(=O)N(C)C1=O.CC1CC(=O)N(C)C1=O.CC1CC=NN1C.CCC.CCCOCCOC.Cc1ccnn1C.Cc1cnn(C)c1.c1ccc2ccccc2c1.c1ccccc1. The Kier molecular flexibility index (Phi) is 102. The molecule has 1 saturated carbocycles. The molecule has 3 fully saturated rings. The highest BCUT2D eigenvalue weighted by Gasteiger charge is 2.33. The van der Waals surface area contributed by atoms with Crippen LogP contribution in [0.5, 0.6) is 0 Å². The fraction of sp³-hybridized carbons (Fsp3) is 0.650. The molecule has 4 atom stereocenters. The summed E-state index contributed by atoms with van der Waals surface area (Å²) in [6, 6.07) is 31.3. The second-order valence-corrected chi connectivity index (χ2v) is 19.7. The number of benzene rings is 3. The number of nitrogens with zero attached hydrogens (tertiary/aromatic N) is 10. The number of rotatable bonds is 5. The number of carbonyl (C=O) groups excluding carboxylic acids is 4. The summed E-state index contributed by atoms with van der Waals surface area (Å²) in [6.45, 7) is 57.6. The van der Waals surface area contributed by atoms with E-state index in [9.17, 15) is 19.2 Å². The van der Waals surface area contributed by atoms with Crippen LogP contribution in [0.25, 0.3) is 10.8 Å². The number of aromatic nitrogens is 4. The number of hydrogen-bond acceptors (Lipinski definition) is 12. The zero-order valence-corrected chi connectivity index (χ0v) is 68.7. The third kappa shape index (κ3) is 68.9. The standard InChI is InChI=1S/C10H8.2C6H9NO2.C6H14O2.C6H6.C5H10N2.C5H8N2.C5H10N2.C5H8N2.C5H10.C3H8.9C2H6/c1-2-6-10-8-4-3-7-9(10)5-1;2*1-4-3-5(8)7(2)6(4)9;1-3-4-8-6-5-7-2;1-2-4-6-5-3-1;2*1-5-3-6-7(2)4-5;2*1-5-3-4-6-7(5)2;1-2-4-5-3-1;1-3-2;9*1-2/h1-8H;2*4H,3H2,1-2H3;3-6H2,1-2H3;1-6H;3,5H,4H2,1-2H3;3-4H,1-2H3;4-5H,3H2,1-2H3;3-4H,1-2H3;1-5H2;3H2,1-2H3;9*1-2H3. The van der Waals surface area contributed by atoms with Crippen molar-refractivity contribution in [3.8, 4) is 0 Å². The molecule has 16 heteroatoms. The average Bonchev–Trinajstić information content (AvgIpc) is 1.87. The fourth-order valence-electron chi connectivity index (χ4n) is 6.99. The Balaban J connectivity index is -0.000000104. The number of methoxy groups -OCH3 is 1. The largest absolute Gasteiger partial charge is 0.382 e. The molecule has 6 heterocycles. The quantitative estimate of drug-likeness (QED) is 0.122. The molecule has 2 aromatic heterocycles. The van der Waals surface area contributed by atoms with E-state index in [4.69, 9.17) is 9.47 Å². The van der Waals surface area contributed by atoms with Gasteiger partial charge in [-0.05, 0) is 49.6 Å². The van der Waals surface area contributed by atoms with Crippen molar-refractivity contribution in [2.24, 2.45) is 42.1 Å². The lowest BCUT2D eigenvalue weighted by Gasteiger charge is -2.11. The first kappa shape index (κ1) is 111. The Morgan fingerprint density at radius 3 is 1.02 bits per heavy atom. The van der Waals surface area contributed by atoms with Crippen molar-refractivity contribution >= 4 is 46.8 Å². The number of hydrogen-bond donors (Lipinski definition) is 0. The first-order valence-electron chi connectivity index (χ1n) is 36.8. The highest BCUT2D eigenvalue weighted by atomic mass is 16.5. The van der Waals surface area contributed by atoms with E-state index < -0.39 is 0 Å². The van der Waals surface area contributed by atoms with E-state index in [1.807, 2.05) is 249 Å². The molecule has 10 rings (SSSR count). The van der Waals surface area contributed by atoms with Crippen LogP contribution in [0.1, 0.15) is 249 Å². The van der Waals surface area contributed by atoms with Crippen LogP contribution < -0.4 is 0 Å². The normalized spacial score (nSPS) is 15.2. The second kappa shape index (κ2) is 88.5. The summed E-state index contributed by atoms with van der Waals surface area (Å²) in [5.74, 6) is 0.231. The van der Waals surface area contributed by atoms with E-state index >= 15 is 0 Å². The lowest BCUT2D eigenvalue weighted by molar-refractivity contribution is -0.139. The van der Waals surface area contributed by atoms with Crippen molar-refractivity contribution in [1.29, 1.82) is 0 Å². The predicted molar refractivity (Wildman–Crippen MR) is 424 cm³/mol. The number of fused-ring (bicyclic) bond motifs is 1. The molecule has 0 radical (unpaired) electrons. The van der Waals surface area contributed by atoms with Crippen LogP contribution in [0.2, 0.25) is 0 Å². The maximum Gasteiger partial charge on any atom is 0.232 e. The predicted octanol–water partition coefficient (Wildman–Crippen LogP) is 20.9. The summed E-state index contributed by atoms with van der Waals surface area (Å²) >= 11 is 0. The molecule has 5 aliphatic rings. The molecular formula is C80H154N10O6. The molecular weight excluding hydrogens is 1200 g/mol. The zero-order valence-electron chi connectivity index (χ0n) is 68.7. The second-order valence-electron chi connectivity index (χ2n) is 19.7. The Labute approximate surface area is 593 Å². The van der Waals surface area contributed by atoms with E-state index in [-0.39, 0.29) is 35.5 Å². The minimum atomic E-state index is -0.0949. The Morgan fingerprint density at radius 1 is 0.500 bits per heavy atom. The molecule has 0 N–H and O–H groups in total. The molecule has 1 aliphatic carbocycles. The number of carbonyl (C=O) groups is 4. The van der Waals surface area contributed by atoms with Gasteiger partial charge in [-0.1, -0.05) is 290 Å². The minimum absolute atomic E-state index is 0.0556. The van der Waals surface area contributed by atoms with Crippen molar-refractivity contribution in [2.45, 2.75) is 257 Å². The van der Waals surface area contributed by atoms with Gasteiger partial charge in [0, 0.05) is 136 Å². The summed E-state index contributed by atoms with van der Waals surface area (Å²) in [5, 5.41) is 22.5. The van der Waals surface area contributed by atoms with Crippen molar-refractivity contribution < 1.29 is 28.7 Å². The first-order valence-corrected chi connectivity index (χ1v) is 36.8. The summed E-state index contributed by atoms with van der Waals surface area (Å²) in [7, 11) is 12.5. The van der Waals surface area contributed by atoms with Crippen LogP contribution in [0.15, 0.2) is 120 Å². The lowest BCUT2D eigenvalue weighted by Crippen LogP contribution is -2.24. The number of aryl methyl sites for hydroxylation is 4. The number of amides is 4. The fourth-order valence-corrected chi connectivity index (χ4v) is 6.99. The maximum atomic E-state index is 10.8. The third-order valence-electron chi connectivity index (χ3n) is 11.9. The van der Waals surface area contributed by atoms with Gasteiger partial charge in [0.15, 0.2) is 0 Å². The Morgan fingerprint density at radius 2 is 0.875 bits per heavy atom. The van der Waals surface area contributed by atoms with Gasteiger partial charge in [-0.15, -0.1) is 0 Å². The molecule has 5 aromatic rings. The number of imide groups is 2. The molecule has 4 unspecified atom stereocenters. The monoisotopic (exact) mass is 1350 g/mol. The van der Waals surface area contributed by atoms with E-state index in [0.717, 1.165) is 32.6 Å². The highest BCUT2D eigenvalue weighted by Crippen LogP contribution is 2.17. The van der Waals surface area contributed by atoms with Gasteiger partial charge in [0.05, 0.1) is 19.4 Å². The van der Waals surface area contributed by atoms with Gasteiger partial charge >= 0.3 is 0 Å². The maximum absolute atomic E-state index is 10.8. The van der Waals surface area contributed by atoms with E-state index in [1.165, 1.54) is 84.4 Å². The summed E-state index contributed by atoms with van der Waals surface area (Å²) in [6.07, 6.45) is 21.2. The molecule has 3 aromatic carbocycles. The van der Waals surface area contributed by atoms with Crippen molar-refractivity contribution in [2.75, 3.05) is 61.7 Å². The van der Waals surface area contributed by atoms with Crippen LogP contribution in [-0.2, 0) is 42.7 Å².